The Kier molecular flexibility index (Phi) is 4.37. The maximum Gasteiger partial charge on any atom is 0.433 e. The molecule has 2 aromatic rings. The van der Waals surface area contributed by atoms with Crippen LogP contribution in [0.1, 0.15) is 29.8 Å². The molecular formula is C14H13ClF3N3. The molecule has 112 valence electrons. The standard InChI is InChI=1S/C14H13ClF3N3/c1-8-5-3-4-6-10(8)9(2)19-12-7-11(14(16,17)18)20-13(15)21-12/h3-7,9H,1-2H3,(H,19,20,21). The van der Waals surface area contributed by atoms with E-state index in [0.29, 0.717) is 0 Å². The topological polar surface area (TPSA) is 37.8 Å². The molecule has 1 N–H and O–H groups in total. The summed E-state index contributed by atoms with van der Waals surface area (Å²) in [5.41, 5.74) is 0.941. The molecule has 0 aliphatic rings. The first-order chi connectivity index (χ1) is 9.77. The van der Waals surface area contributed by atoms with Crippen LogP contribution >= 0.6 is 11.6 Å². The largest absolute Gasteiger partial charge is 0.433 e. The molecule has 1 heterocycles. The van der Waals surface area contributed by atoms with E-state index in [0.717, 1.165) is 17.2 Å². The monoisotopic (exact) mass is 315 g/mol. The van der Waals surface area contributed by atoms with Gasteiger partial charge in [-0.25, -0.2) is 9.97 Å². The predicted molar refractivity (Wildman–Crippen MR) is 75.3 cm³/mol. The van der Waals surface area contributed by atoms with Gasteiger partial charge in [0, 0.05) is 6.07 Å². The second kappa shape index (κ2) is 5.89. The van der Waals surface area contributed by atoms with E-state index in [1.54, 1.807) is 0 Å². The van der Waals surface area contributed by atoms with E-state index in [2.05, 4.69) is 15.3 Å². The van der Waals surface area contributed by atoms with E-state index in [1.807, 2.05) is 38.1 Å². The van der Waals surface area contributed by atoms with Crippen molar-refractivity contribution in [2.75, 3.05) is 5.32 Å². The molecule has 1 atom stereocenters. The lowest BCUT2D eigenvalue weighted by Gasteiger charge is -2.18. The zero-order chi connectivity index (χ0) is 15.6. The highest BCUT2D eigenvalue weighted by molar-refractivity contribution is 6.28. The van der Waals surface area contributed by atoms with Crippen molar-refractivity contribution in [1.29, 1.82) is 0 Å². The molecule has 0 saturated heterocycles. The molecule has 0 saturated carbocycles. The zero-order valence-corrected chi connectivity index (χ0v) is 12.1. The van der Waals surface area contributed by atoms with Gasteiger partial charge in [-0.1, -0.05) is 24.3 Å². The number of halogens is 4. The third-order valence-electron chi connectivity index (χ3n) is 3.01. The smallest absolute Gasteiger partial charge is 0.363 e. The second-order valence-electron chi connectivity index (χ2n) is 4.63. The summed E-state index contributed by atoms with van der Waals surface area (Å²) in [6.45, 7) is 3.77. The molecule has 7 heteroatoms. The van der Waals surface area contributed by atoms with E-state index in [9.17, 15) is 13.2 Å². The molecule has 0 amide bonds. The summed E-state index contributed by atoms with van der Waals surface area (Å²) < 4.78 is 38.1. The minimum Gasteiger partial charge on any atom is -0.363 e. The average molecular weight is 316 g/mol. The summed E-state index contributed by atoms with van der Waals surface area (Å²) in [5, 5.41) is 2.48. The molecule has 1 aromatic heterocycles. The van der Waals surface area contributed by atoms with Gasteiger partial charge in [0.25, 0.3) is 0 Å². The number of aryl methyl sites for hydroxylation is 1. The van der Waals surface area contributed by atoms with E-state index in [-0.39, 0.29) is 11.9 Å². The molecule has 0 bridgehead atoms. The summed E-state index contributed by atoms with van der Waals surface area (Å²) in [5.74, 6) is 0.0399. The van der Waals surface area contributed by atoms with Crippen LogP contribution in [0.3, 0.4) is 0 Å². The highest BCUT2D eigenvalue weighted by Crippen LogP contribution is 2.30. The Morgan fingerprint density at radius 1 is 1.19 bits per heavy atom. The Labute approximate surface area is 125 Å². The van der Waals surface area contributed by atoms with Gasteiger partial charge in [0.15, 0.2) is 5.69 Å². The molecule has 0 aliphatic carbocycles. The second-order valence-corrected chi connectivity index (χ2v) is 4.97. The van der Waals surface area contributed by atoms with E-state index < -0.39 is 17.2 Å². The van der Waals surface area contributed by atoms with E-state index in [1.165, 1.54) is 0 Å². The quantitative estimate of drug-likeness (QED) is 0.839. The van der Waals surface area contributed by atoms with E-state index in [4.69, 9.17) is 11.6 Å². The van der Waals surface area contributed by atoms with Gasteiger partial charge in [-0.3, -0.25) is 0 Å². The SMILES string of the molecule is Cc1ccccc1C(C)Nc1cc(C(F)(F)F)nc(Cl)n1. The minimum absolute atomic E-state index is 0.0399. The van der Waals surface area contributed by atoms with Crippen LogP contribution in [0.15, 0.2) is 30.3 Å². The highest BCUT2D eigenvalue weighted by atomic mass is 35.5. The van der Waals surface area contributed by atoms with Crippen LogP contribution in [0.5, 0.6) is 0 Å². The maximum atomic E-state index is 12.7. The summed E-state index contributed by atoms with van der Waals surface area (Å²) >= 11 is 5.55. The third-order valence-corrected chi connectivity index (χ3v) is 3.18. The van der Waals surface area contributed by atoms with Crippen LogP contribution < -0.4 is 5.32 Å². The summed E-state index contributed by atoms with van der Waals surface area (Å²) in [6, 6.07) is 8.24. The fourth-order valence-corrected chi connectivity index (χ4v) is 2.19. The molecule has 1 aromatic carbocycles. The van der Waals surface area contributed by atoms with Crippen LogP contribution in [-0.2, 0) is 6.18 Å². The van der Waals surface area contributed by atoms with Gasteiger partial charge < -0.3 is 5.32 Å². The Balaban J connectivity index is 2.28. The van der Waals surface area contributed by atoms with Crippen molar-refractivity contribution in [3.05, 3.63) is 52.4 Å². The highest BCUT2D eigenvalue weighted by Gasteiger charge is 2.33. The van der Waals surface area contributed by atoms with Crippen LogP contribution in [0.25, 0.3) is 0 Å². The molecule has 21 heavy (non-hydrogen) atoms. The van der Waals surface area contributed by atoms with Crippen LogP contribution in [0.4, 0.5) is 19.0 Å². The predicted octanol–water partition coefficient (Wildman–Crippen LogP) is 4.63. The van der Waals surface area contributed by atoms with Crippen LogP contribution in [0.2, 0.25) is 5.28 Å². The Morgan fingerprint density at radius 3 is 2.48 bits per heavy atom. The zero-order valence-electron chi connectivity index (χ0n) is 11.4. The number of hydrogen-bond donors (Lipinski definition) is 1. The summed E-state index contributed by atoms with van der Waals surface area (Å²) in [4.78, 5) is 6.98. The first kappa shape index (κ1) is 15.6. The number of benzene rings is 1. The van der Waals surface area contributed by atoms with Gasteiger partial charge in [0.2, 0.25) is 5.28 Å². The van der Waals surface area contributed by atoms with Gasteiger partial charge in [-0.05, 0) is 36.6 Å². The Hall–Kier alpha value is -1.82. The summed E-state index contributed by atoms with van der Waals surface area (Å²) in [6.07, 6.45) is -4.56. The fourth-order valence-electron chi connectivity index (χ4n) is 2.01. The van der Waals surface area contributed by atoms with Crippen molar-refractivity contribution in [3.63, 3.8) is 0 Å². The van der Waals surface area contributed by atoms with Gasteiger partial charge >= 0.3 is 6.18 Å². The van der Waals surface area contributed by atoms with Crippen LogP contribution in [-0.4, -0.2) is 9.97 Å². The number of hydrogen-bond acceptors (Lipinski definition) is 3. The van der Waals surface area contributed by atoms with Crippen molar-refractivity contribution < 1.29 is 13.2 Å². The van der Waals surface area contributed by atoms with Crippen LogP contribution in [0, 0.1) is 6.92 Å². The molecule has 2 rings (SSSR count). The summed E-state index contributed by atoms with van der Waals surface area (Å²) in [7, 11) is 0. The first-order valence-corrected chi connectivity index (χ1v) is 6.59. The number of anilines is 1. The molecular weight excluding hydrogens is 303 g/mol. The van der Waals surface area contributed by atoms with Crippen molar-refractivity contribution in [3.8, 4) is 0 Å². The Bertz CT molecular complexity index is 644. The molecule has 0 spiro atoms. The van der Waals surface area contributed by atoms with Gasteiger partial charge in [-0.2, -0.15) is 13.2 Å². The number of nitrogens with zero attached hydrogens (tertiary/aromatic N) is 2. The lowest BCUT2D eigenvalue weighted by molar-refractivity contribution is -0.141. The van der Waals surface area contributed by atoms with Gasteiger partial charge in [-0.15, -0.1) is 0 Å². The minimum atomic E-state index is -4.56. The van der Waals surface area contributed by atoms with Gasteiger partial charge in [0.05, 0.1) is 6.04 Å². The van der Waals surface area contributed by atoms with E-state index >= 15 is 0 Å². The third kappa shape index (κ3) is 3.85. The number of alkyl halides is 3. The normalized spacial score (nSPS) is 13.0. The first-order valence-electron chi connectivity index (χ1n) is 6.21. The molecule has 1 unspecified atom stereocenters. The lowest BCUT2D eigenvalue weighted by atomic mass is 10.0. The lowest BCUT2D eigenvalue weighted by Crippen LogP contribution is -2.13. The average Bonchev–Trinajstić information content (AvgIpc) is 2.37. The fraction of sp³-hybridized carbons (Fsp3) is 0.286. The maximum absolute atomic E-state index is 12.7. The number of rotatable bonds is 3. The number of aromatic nitrogens is 2. The molecule has 0 aliphatic heterocycles. The van der Waals surface area contributed by atoms with Gasteiger partial charge in [0.1, 0.15) is 5.82 Å². The molecule has 0 radical (unpaired) electrons. The van der Waals surface area contributed by atoms with Crippen molar-refractivity contribution in [2.24, 2.45) is 0 Å². The van der Waals surface area contributed by atoms with Crippen molar-refractivity contribution in [2.45, 2.75) is 26.1 Å². The molecule has 0 fully saturated rings. The van der Waals surface area contributed by atoms with Crippen molar-refractivity contribution >= 4 is 17.4 Å². The Morgan fingerprint density at radius 2 is 1.86 bits per heavy atom. The number of nitrogens with one attached hydrogen (secondary N) is 1. The molecule has 3 nitrogen and oxygen atoms in total. The van der Waals surface area contributed by atoms with Crippen molar-refractivity contribution in [1.82, 2.24) is 9.97 Å².